The number of benzene rings is 2. The van der Waals surface area contributed by atoms with Gasteiger partial charge in [-0.05, 0) is 142 Å². The van der Waals surface area contributed by atoms with Crippen LogP contribution in [0.15, 0.2) is 97.1 Å². The first-order valence-electron chi connectivity index (χ1n) is 32.0. The van der Waals surface area contributed by atoms with Gasteiger partial charge >= 0.3 is 0 Å². The van der Waals surface area contributed by atoms with Crippen molar-refractivity contribution < 1.29 is 42.1 Å². The molecule has 10 aromatic heterocycles. The largest absolute Gasteiger partial charge is 0.224 e. The molecule has 0 radical (unpaired) electrons. The Kier molecular flexibility index (Phi) is 23.6. The molecule has 0 spiro atoms. The Labute approximate surface area is 597 Å². The van der Waals surface area contributed by atoms with Gasteiger partial charge in [-0.3, -0.25) is 0 Å². The molecule has 2 aromatic carbocycles. The van der Waals surface area contributed by atoms with Crippen molar-refractivity contribution in [2.45, 2.75) is 175 Å². The normalized spacial score (nSPS) is 13.3. The summed E-state index contributed by atoms with van der Waals surface area (Å²) in [6.07, 6.45) is 25.0. The van der Waals surface area contributed by atoms with Crippen LogP contribution in [0.4, 0.5) is 0 Å². The van der Waals surface area contributed by atoms with Crippen LogP contribution in [0.3, 0.4) is 0 Å². The molecule has 0 fully saturated rings. The molecular formula is C73H76N4S10W2-2. The monoisotopic (exact) mass is 1700 g/mol. The van der Waals surface area contributed by atoms with Crippen LogP contribution >= 0.6 is 114 Å². The predicted molar refractivity (Wildman–Crippen MR) is 390 cm³/mol. The van der Waals surface area contributed by atoms with E-state index in [1.54, 1.807) is 0 Å². The van der Waals surface area contributed by atoms with Crippen LogP contribution in [0.5, 0.6) is 0 Å². The summed E-state index contributed by atoms with van der Waals surface area (Å²) in [5.41, 5.74) is 11.2. The van der Waals surface area contributed by atoms with Gasteiger partial charge in [0.15, 0.2) is 0 Å². The number of hydrogen-bond donors (Lipinski definition) is 0. The first-order chi connectivity index (χ1) is 42.8. The topological polar surface area (TPSA) is 51.6 Å². The van der Waals surface area contributed by atoms with E-state index in [0.29, 0.717) is 11.8 Å². The van der Waals surface area contributed by atoms with E-state index in [2.05, 4.69) is 151 Å². The Morgan fingerprint density at radius 2 is 0.719 bits per heavy atom. The van der Waals surface area contributed by atoms with Crippen LogP contribution in [0.1, 0.15) is 178 Å². The van der Waals surface area contributed by atoms with Gasteiger partial charge in [-0.2, -0.15) is 31.4 Å². The molecular weight excluding hydrogens is 1620 g/mol. The van der Waals surface area contributed by atoms with Crippen molar-refractivity contribution in [2.24, 2.45) is 11.8 Å². The fourth-order valence-corrected chi connectivity index (χ4v) is 23.5. The Bertz CT molecular complexity index is 3970. The summed E-state index contributed by atoms with van der Waals surface area (Å²) in [5, 5.41) is 0. The van der Waals surface area contributed by atoms with Gasteiger partial charge in [0, 0.05) is 128 Å². The molecule has 1 aliphatic rings. The molecule has 0 saturated carbocycles. The summed E-state index contributed by atoms with van der Waals surface area (Å²) in [7, 11) is 0. The van der Waals surface area contributed by atoms with Gasteiger partial charge in [0.2, 0.25) is 0 Å². The summed E-state index contributed by atoms with van der Waals surface area (Å²) in [4.78, 5) is 21.5. The quantitative estimate of drug-likeness (QED) is 0.0333. The maximum atomic E-state index is 5.11. The molecule has 2 atom stereocenters. The standard InChI is InChI=1S/C73H76N4S10.2W/c1-7-13-17-19-23-47-25-31-57(78-47)59-37-39-63(82-59)61-35-33-55(80-61)49-27-29-51(69-67(49)74-86-76-69)65-41-53-71(84-65)72-54(73(53,43-45(11-5)21-15-9-3)44-46(12-6)22-16-10-4)42-66(85-72)52-30-28-50(68-70(52)77-87-75-68)56-34-36-62(81-56)64-40-38-60(83-64)58-32-26-48(79-58)24-20-18-14-8-2;;/h25-28,31-42,45-46H,7-24,43-44H2,1-6H3;;/q-2;;. The minimum atomic E-state index is -0.125. The van der Waals surface area contributed by atoms with Gasteiger partial charge in [0.05, 0.1) is 23.5 Å². The van der Waals surface area contributed by atoms with Crippen molar-refractivity contribution >= 4 is 136 Å². The van der Waals surface area contributed by atoms with Crippen LogP contribution in [0.25, 0.3) is 113 Å². The van der Waals surface area contributed by atoms with E-state index >= 15 is 0 Å². The molecule has 2 unspecified atom stereocenters. The zero-order valence-electron chi connectivity index (χ0n) is 51.7. The number of aromatic nitrogens is 4. The number of aryl methyl sites for hydroxylation is 2. The number of rotatable bonds is 30. The number of unbranched alkanes of at least 4 members (excludes halogenated alkanes) is 8. The SMILES string of the molecule is CCCCCCc1ccc(-c2ccc(-c3ccc(-c4c[c-]c(-c5cc6c(s5)-c5sc(-c7[c-]cc(-c8ccc(-c9ccc(-c%10ccc(CCCCCC)s%10)s9)s8)c8nsnc78)cc5C6(CC(CC)CCCC)CC(CC)CCCC)c5nsnc45)s3)s2)s1.[W].[W]. The molecule has 12 aromatic rings. The smallest absolute Gasteiger partial charge is 0.0572 e. The zero-order chi connectivity index (χ0) is 59.4. The molecule has 4 nitrogen and oxygen atoms in total. The second-order valence-electron chi connectivity index (χ2n) is 23.9. The molecule has 0 bridgehead atoms. The third kappa shape index (κ3) is 14.2. The molecule has 0 saturated heterocycles. The van der Waals surface area contributed by atoms with Crippen LogP contribution in [-0.4, -0.2) is 17.5 Å². The minimum absolute atomic E-state index is 0. The average molecular weight is 1700 g/mol. The molecule has 0 N–H and O–H groups in total. The van der Waals surface area contributed by atoms with Crippen LogP contribution in [0.2, 0.25) is 0 Å². The van der Waals surface area contributed by atoms with Gasteiger partial charge in [0.1, 0.15) is 0 Å². The molecule has 462 valence electrons. The maximum absolute atomic E-state index is 5.11. The predicted octanol–water partition coefficient (Wildman–Crippen LogP) is 26.8. The Morgan fingerprint density at radius 3 is 1.10 bits per heavy atom. The molecule has 0 amide bonds. The number of hydrogen-bond acceptors (Lipinski definition) is 14. The fraction of sp³-hybridized carbons (Fsp3) is 0.397. The molecule has 10 heterocycles. The Morgan fingerprint density at radius 1 is 0.371 bits per heavy atom. The van der Waals surface area contributed by atoms with E-state index in [1.807, 2.05) is 90.7 Å². The van der Waals surface area contributed by atoms with Crippen LogP contribution < -0.4 is 0 Å². The maximum Gasteiger partial charge on any atom is 0.0572 e. The van der Waals surface area contributed by atoms with Crippen molar-refractivity contribution in [3.8, 4) is 90.5 Å². The molecule has 1 aliphatic carbocycles. The van der Waals surface area contributed by atoms with Crippen molar-refractivity contribution in [3.05, 3.63) is 130 Å². The van der Waals surface area contributed by atoms with Crippen molar-refractivity contribution in [2.75, 3.05) is 0 Å². The van der Waals surface area contributed by atoms with Crippen molar-refractivity contribution in [1.29, 1.82) is 0 Å². The Hall–Kier alpha value is -2.94. The van der Waals surface area contributed by atoms with E-state index in [1.165, 1.54) is 228 Å². The van der Waals surface area contributed by atoms with Crippen molar-refractivity contribution in [3.63, 3.8) is 0 Å². The van der Waals surface area contributed by atoms with Gasteiger partial charge in [-0.15, -0.1) is 103 Å². The summed E-state index contributed by atoms with van der Waals surface area (Å²) >= 11 is 18.0. The van der Waals surface area contributed by atoms with E-state index in [-0.39, 0.29) is 47.5 Å². The summed E-state index contributed by atoms with van der Waals surface area (Å²) in [5.74, 6) is 1.24. The average Bonchev–Trinajstić information content (AvgIpc) is 1.55. The van der Waals surface area contributed by atoms with Gasteiger partial charge in [-0.25, -0.2) is 8.75 Å². The van der Waals surface area contributed by atoms with Gasteiger partial charge in [-0.1, -0.05) is 167 Å². The third-order valence-electron chi connectivity index (χ3n) is 18.0. The number of fused-ring (bicyclic) bond motifs is 5. The zero-order valence-corrected chi connectivity index (χ0v) is 65.8. The van der Waals surface area contributed by atoms with E-state index < -0.39 is 0 Å². The van der Waals surface area contributed by atoms with Crippen LogP contribution in [0, 0.1) is 24.0 Å². The molecule has 89 heavy (non-hydrogen) atoms. The first-order valence-corrected chi connectivity index (χ1v) is 40.0. The van der Waals surface area contributed by atoms with Crippen molar-refractivity contribution in [1.82, 2.24) is 17.5 Å². The molecule has 16 heteroatoms. The number of thiophene rings is 8. The Balaban J connectivity index is 0.00000408. The third-order valence-corrected chi connectivity index (χ3v) is 29.0. The van der Waals surface area contributed by atoms with E-state index in [4.69, 9.17) is 17.5 Å². The van der Waals surface area contributed by atoms with E-state index in [0.717, 1.165) is 57.2 Å². The summed E-state index contributed by atoms with van der Waals surface area (Å²) in [6, 6.07) is 45.2. The second kappa shape index (κ2) is 31.1. The fourth-order valence-electron chi connectivity index (χ4n) is 13.2. The molecule has 0 aliphatic heterocycles. The first kappa shape index (κ1) is 67.5. The number of nitrogens with zero attached hydrogens (tertiary/aromatic N) is 4. The molecule has 13 rings (SSSR count). The van der Waals surface area contributed by atoms with Gasteiger partial charge < -0.3 is 0 Å². The van der Waals surface area contributed by atoms with Gasteiger partial charge in [0.25, 0.3) is 0 Å². The minimum Gasteiger partial charge on any atom is -0.224 e. The van der Waals surface area contributed by atoms with E-state index in [9.17, 15) is 0 Å². The summed E-state index contributed by atoms with van der Waals surface area (Å²) < 4.78 is 20.3. The van der Waals surface area contributed by atoms with Crippen LogP contribution in [-0.2, 0) is 60.4 Å². The summed E-state index contributed by atoms with van der Waals surface area (Å²) in [6.45, 7) is 14.2. The second-order valence-corrected chi connectivity index (χ2v) is 33.7.